The summed E-state index contributed by atoms with van der Waals surface area (Å²) < 4.78 is 2.69. The van der Waals surface area contributed by atoms with E-state index < -0.39 is 0 Å². The van der Waals surface area contributed by atoms with Gasteiger partial charge in [0.05, 0.1) is 5.69 Å². The highest BCUT2D eigenvalue weighted by molar-refractivity contribution is 7.24. The second kappa shape index (κ2) is 9.32. The van der Waals surface area contributed by atoms with E-state index in [1.807, 2.05) is 28.9 Å². The van der Waals surface area contributed by atoms with Gasteiger partial charge in [-0.3, -0.25) is 4.98 Å². The molecule has 0 aliphatic carbocycles. The molecule has 3 heteroatoms. The van der Waals surface area contributed by atoms with Crippen molar-refractivity contribution in [2.75, 3.05) is 0 Å². The van der Waals surface area contributed by atoms with Crippen LogP contribution in [0, 0.1) is 19.8 Å². The molecule has 0 unspecified atom stereocenters. The summed E-state index contributed by atoms with van der Waals surface area (Å²) in [6.45, 7) is 16.1. The summed E-state index contributed by atoms with van der Waals surface area (Å²) in [4.78, 5) is 7.78. The quantitative estimate of drug-likeness (QED) is 0.220. The highest BCUT2D eigenvalue weighted by atomic mass is 32.1. The van der Waals surface area contributed by atoms with E-state index in [-0.39, 0.29) is 5.41 Å². The zero-order valence-corrected chi connectivity index (χ0v) is 25.0. The summed E-state index contributed by atoms with van der Waals surface area (Å²) in [5.41, 5.74) is 7.89. The first-order chi connectivity index (χ1) is 18.1. The molecule has 0 radical (unpaired) electrons. The molecule has 0 saturated carbocycles. The Morgan fingerprint density at radius 3 is 2.39 bits per heavy atom. The second-order valence-electron chi connectivity index (χ2n) is 12.0. The minimum absolute atomic E-state index is 0.0404. The maximum Gasteiger partial charge on any atom is 0.0791 e. The Balaban J connectivity index is 1.59. The van der Waals surface area contributed by atoms with Crippen molar-refractivity contribution in [1.82, 2.24) is 4.98 Å². The highest BCUT2D eigenvalue weighted by Gasteiger charge is 2.23. The van der Waals surface area contributed by atoms with E-state index in [2.05, 4.69) is 109 Å². The average Bonchev–Trinajstić information content (AvgIpc) is 3.37. The number of benzene rings is 3. The lowest BCUT2D eigenvalue weighted by Crippen LogP contribution is -2.12. The van der Waals surface area contributed by atoms with E-state index in [1.165, 1.54) is 68.5 Å². The maximum atomic E-state index is 5.00. The first kappa shape index (κ1) is 25.3. The summed E-state index contributed by atoms with van der Waals surface area (Å²) >= 11 is 3.84. The van der Waals surface area contributed by atoms with Gasteiger partial charge in [0.1, 0.15) is 0 Å². The van der Waals surface area contributed by atoms with Crippen molar-refractivity contribution < 1.29 is 0 Å². The molecular formula is C35H35NS2. The second-order valence-corrected chi connectivity index (χ2v) is 14.4. The Morgan fingerprint density at radius 1 is 0.842 bits per heavy atom. The van der Waals surface area contributed by atoms with Gasteiger partial charge < -0.3 is 0 Å². The van der Waals surface area contributed by atoms with Crippen molar-refractivity contribution in [2.24, 2.45) is 5.92 Å². The van der Waals surface area contributed by atoms with Crippen molar-refractivity contribution in [3.63, 3.8) is 0 Å². The third-order valence-corrected chi connectivity index (χ3v) is 9.94. The number of hydrogen-bond acceptors (Lipinski definition) is 3. The average molecular weight is 534 g/mol. The molecule has 0 N–H and O–H groups in total. The van der Waals surface area contributed by atoms with Gasteiger partial charge in [-0.05, 0) is 89.4 Å². The first-order valence-electron chi connectivity index (χ1n) is 13.6. The molecule has 3 heterocycles. The molecule has 1 nitrogen and oxygen atoms in total. The maximum absolute atomic E-state index is 5.00. The summed E-state index contributed by atoms with van der Waals surface area (Å²) in [5.74, 6) is 0.648. The lowest BCUT2D eigenvalue weighted by atomic mass is 9.82. The van der Waals surface area contributed by atoms with Crippen LogP contribution in [0.4, 0.5) is 0 Å². The van der Waals surface area contributed by atoms with Crippen LogP contribution < -0.4 is 0 Å². The molecule has 6 aromatic rings. The summed E-state index contributed by atoms with van der Waals surface area (Å²) in [7, 11) is 0. The van der Waals surface area contributed by atoms with Crippen LogP contribution in [-0.2, 0) is 11.8 Å². The monoisotopic (exact) mass is 533 g/mol. The largest absolute Gasteiger partial charge is 0.256 e. The molecule has 6 rings (SSSR count). The first-order valence-corrected chi connectivity index (χ1v) is 15.2. The minimum Gasteiger partial charge on any atom is -0.256 e. The normalized spacial score (nSPS) is 12.4. The number of pyridine rings is 1. The molecule has 3 aromatic carbocycles. The number of aromatic nitrogens is 1. The number of aryl methyl sites for hydroxylation is 2. The smallest absolute Gasteiger partial charge is 0.0791 e. The fourth-order valence-electron chi connectivity index (χ4n) is 5.86. The van der Waals surface area contributed by atoms with Crippen LogP contribution in [0.1, 0.15) is 56.2 Å². The van der Waals surface area contributed by atoms with Gasteiger partial charge in [-0.1, -0.05) is 65.0 Å². The summed E-state index contributed by atoms with van der Waals surface area (Å²) in [6, 6.07) is 22.7. The molecule has 0 bridgehead atoms. The number of nitrogens with zero attached hydrogens (tertiary/aromatic N) is 1. The number of hydrogen-bond donors (Lipinski definition) is 0. The molecule has 0 amide bonds. The Morgan fingerprint density at radius 2 is 1.63 bits per heavy atom. The van der Waals surface area contributed by atoms with Crippen LogP contribution >= 0.6 is 22.7 Å². The fourth-order valence-corrected chi connectivity index (χ4v) is 8.30. The molecular weight excluding hydrogens is 499 g/mol. The molecule has 0 aliphatic rings. The highest BCUT2D eigenvalue weighted by Crippen LogP contribution is 2.48. The lowest BCUT2D eigenvalue weighted by Gasteiger charge is -2.23. The molecule has 0 aliphatic heterocycles. The predicted molar refractivity (Wildman–Crippen MR) is 170 cm³/mol. The van der Waals surface area contributed by atoms with Crippen molar-refractivity contribution in [2.45, 2.75) is 60.3 Å². The number of rotatable bonds is 4. The predicted octanol–water partition coefficient (Wildman–Crippen LogP) is 11.1. The molecule has 0 atom stereocenters. The molecule has 38 heavy (non-hydrogen) atoms. The van der Waals surface area contributed by atoms with Crippen molar-refractivity contribution in [3.05, 3.63) is 88.4 Å². The third kappa shape index (κ3) is 4.26. The molecule has 0 spiro atoms. The molecule has 192 valence electrons. The van der Waals surface area contributed by atoms with Gasteiger partial charge in [-0.15, -0.1) is 22.7 Å². The van der Waals surface area contributed by atoms with E-state index in [0.717, 1.165) is 12.1 Å². The van der Waals surface area contributed by atoms with E-state index in [1.54, 1.807) is 0 Å². The Hall–Kier alpha value is -3.01. The van der Waals surface area contributed by atoms with Crippen LogP contribution in [0.3, 0.4) is 0 Å². The Labute approximate surface area is 234 Å². The lowest BCUT2D eigenvalue weighted by molar-refractivity contribution is 0.596. The van der Waals surface area contributed by atoms with Crippen molar-refractivity contribution in [3.8, 4) is 21.7 Å². The zero-order chi connectivity index (χ0) is 26.8. The standard InChI is InChI=1S/C35H35NS2/c1-20(2)16-23-12-13-29-27(17-23)32(22(4)37-29)34-21(3)31-30(38-34)14-15-36-33(31)25-18-24-10-8-9-11-26(24)28(19-25)35(5,6)7/h8-15,17-20H,16H2,1-7H3. The van der Waals surface area contributed by atoms with Gasteiger partial charge in [0.2, 0.25) is 0 Å². The van der Waals surface area contributed by atoms with E-state index >= 15 is 0 Å². The van der Waals surface area contributed by atoms with Crippen LogP contribution in [0.5, 0.6) is 0 Å². The van der Waals surface area contributed by atoms with Gasteiger partial charge in [-0.2, -0.15) is 0 Å². The van der Waals surface area contributed by atoms with Gasteiger partial charge >= 0.3 is 0 Å². The van der Waals surface area contributed by atoms with Crippen LogP contribution in [-0.4, -0.2) is 4.98 Å². The van der Waals surface area contributed by atoms with Gasteiger partial charge in [-0.25, -0.2) is 0 Å². The molecule has 0 fully saturated rings. The zero-order valence-electron chi connectivity index (χ0n) is 23.4. The van der Waals surface area contributed by atoms with E-state index in [0.29, 0.717) is 5.92 Å². The van der Waals surface area contributed by atoms with Crippen LogP contribution in [0.25, 0.3) is 52.6 Å². The van der Waals surface area contributed by atoms with Crippen LogP contribution in [0.2, 0.25) is 0 Å². The van der Waals surface area contributed by atoms with E-state index in [4.69, 9.17) is 4.98 Å². The minimum atomic E-state index is 0.0404. The van der Waals surface area contributed by atoms with Crippen molar-refractivity contribution >= 4 is 53.6 Å². The fraction of sp³-hybridized carbons (Fsp3) is 0.286. The van der Waals surface area contributed by atoms with Crippen molar-refractivity contribution in [1.29, 1.82) is 0 Å². The molecule has 0 saturated heterocycles. The van der Waals surface area contributed by atoms with Gasteiger partial charge in [0.25, 0.3) is 0 Å². The molecule has 3 aromatic heterocycles. The number of fused-ring (bicyclic) bond motifs is 3. The van der Waals surface area contributed by atoms with Crippen LogP contribution in [0.15, 0.2) is 66.9 Å². The Kier molecular flexibility index (Phi) is 6.20. The Bertz CT molecular complexity index is 1820. The summed E-state index contributed by atoms with van der Waals surface area (Å²) in [5, 5.41) is 5.30. The van der Waals surface area contributed by atoms with Gasteiger partial charge in [0, 0.05) is 47.3 Å². The van der Waals surface area contributed by atoms with E-state index in [9.17, 15) is 0 Å². The third-order valence-electron chi connectivity index (χ3n) is 7.58. The van der Waals surface area contributed by atoms with Gasteiger partial charge in [0.15, 0.2) is 0 Å². The summed E-state index contributed by atoms with van der Waals surface area (Å²) in [6.07, 6.45) is 3.10. The SMILES string of the molecule is Cc1sc2ccc(CC(C)C)cc2c1-c1sc2ccnc(-c3cc(C(C)(C)C)c4ccccc4c3)c2c1C. The number of thiophene rings is 2. The topological polar surface area (TPSA) is 12.9 Å².